The van der Waals surface area contributed by atoms with Gasteiger partial charge in [-0.2, -0.15) is 19.9 Å². The Morgan fingerprint density at radius 3 is 0.903 bits per heavy atom. The van der Waals surface area contributed by atoms with E-state index in [0.717, 1.165) is 0 Å². The predicted molar refractivity (Wildman–Crippen MR) is 249 cm³/mol. The van der Waals surface area contributed by atoms with Crippen LogP contribution < -0.4 is 0 Å². The number of hydrogen-bond donors (Lipinski definition) is 0. The van der Waals surface area contributed by atoms with Crippen molar-refractivity contribution in [2.45, 2.75) is 0 Å². The monoisotopic (exact) mass is 829 g/mol. The molecule has 4 aromatic heterocycles. The summed E-state index contributed by atoms with van der Waals surface area (Å²) in [7, 11) is 0. The number of hydrogen-bond acceptors (Lipinski definition) is 6. The molecule has 0 aliphatic carbocycles. The summed E-state index contributed by atoms with van der Waals surface area (Å²) >= 11 is 0. The summed E-state index contributed by atoms with van der Waals surface area (Å²) in [5.74, 6) is -5.69. The Balaban J connectivity index is 1.33. The zero-order valence-electron chi connectivity index (χ0n) is 64.6. The fourth-order valence-corrected chi connectivity index (χ4v) is 6.75. The molecule has 0 atom stereocenters. The minimum absolute atomic E-state index is 0.660. The lowest BCUT2D eigenvalue weighted by molar-refractivity contribution is 0.953. The molecule has 0 spiro atoms. The fourth-order valence-electron chi connectivity index (χ4n) is 6.75. The van der Waals surface area contributed by atoms with Gasteiger partial charge in [0, 0.05) is 43.8 Å². The van der Waals surface area contributed by atoms with E-state index in [-0.39, 0.29) is 0 Å². The molecule has 4 heterocycles. The Morgan fingerprint density at radius 1 is 0.274 bits per heavy atom. The number of para-hydroxylation sites is 2. The molecule has 0 amide bonds. The van der Waals surface area contributed by atoms with Crippen molar-refractivity contribution in [2.75, 3.05) is 0 Å². The minimum atomic E-state index is -1.16. The average Bonchev–Trinajstić information content (AvgIpc) is 1.52. The first-order valence-electron chi connectivity index (χ1n) is 34.8. The Kier molecular flexibility index (Phi) is 3.56. The minimum Gasteiger partial charge on any atom is -0.278 e. The van der Waals surface area contributed by atoms with Gasteiger partial charge in [0.1, 0.15) is 0 Å². The molecule has 8 nitrogen and oxygen atoms in total. The molecule has 12 aromatic rings. The van der Waals surface area contributed by atoms with E-state index in [4.69, 9.17) is 32.9 Å². The van der Waals surface area contributed by atoms with E-state index in [1.54, 1.807) is 0 Å². The third-order valence-corrected chi connectivity index (χ3v) is 9.23. The molecule has 12 rings (SSSR count). The number of fused-ring (bicyclic) bond motifs is 6. The number of benzene rings is 8. The Bertz CT molecular complexity index is 5040. The summed E-state index contributed by atoms with van der Waals surface area (Å²) in [6.45, 7) is 0. The lowest BCUT2D eigenvalue weighted by Gasteiger charge is -2.12. The summed E-state index contributed by atoms with van der Waals surface area (Å²) < 4.78 is 307. The van der Waals surface area contributed by atoms with Crippen LogP contribution in [-0.2, 0) is 0 Å². The predicted octanol–water partition coefficient (Wildman–Crippen LogP) is 12.6. The summed E-state index contributed by atoms with van der Waals surface area (Å²) in [5.41, 5.74) is -8.27. The van der Waals surface area contributed by atoms with E-state index in [1.807, 2.05) is 0 Å². The van der Waals surface area contributed by atoms with Crippen LogP contribution in [0.5, 0.6) is 0 Å². The quantitative estimate of drug-likeness (QED) is 0.159. The maximum Gasteiger partial charge on any atom is 0.238 e. The van der Waals surface area contributed by atoms with Crippen LogP contribution in [0.4, 0.5) is 0 Å². The van der Waals surface area contributed by atoms with E-state index in [9.17, 15) is 13.7 Å². The molecule has 0 saturated carbocycles. The Morgan fingerprint density at radius 2 is 0.565 bits per heavy atom. The lowest BCUT2D eigenvalue weighted by atomic mass is 9.95. The zero-order valence-corrected chi connectivity index (χ0v) is 30.6. The molecule has 0 fully saturated rings. The molecular formula is C54H34N8. The van der Waals surface area contributed by atoms with Crippen LogP contribution in [-0.4, -0.2) is 39.0 Å². The highest BCUT2D eigenvalue weighted by molar-refractivity contribution is 6.22. The molecule has 290 valence electrons. The average molecular weight is 829 g/mol. The summed E-state index contributed by atoms with van der Waals surface area (Å²) in [6, 6.07) is -34.2. The highest BCUT2D eigenvalue weighted by Gasteiger charge is 2.24. The summed E-state index contributed by atoms with van der Waals surface area (Å²) in [6.07, 6.45) is 0. The van der Waals surface area contributed by atoms with E-state index in [2.05, 4.69) is 29.9 Å². The fraction of sp³-hybridized carbons (Fsp3) is 0. The standard InChI is InChI=1S/C54H34N8/c1-5-19-35(20-6-1)49-55-50(36-21-7-2-8-22-36)58-53(57-49)61-43-31-15-13-27-41(43)47-39(29-17-33-45(47)61)40-30-18-34-46-48(40)42-28-14-16-32-44(42)62(46)54-59-51(37-23-9-3-10-24-37)56-52(60-54)38-25-11-4-12-26-38/h1-34H/i1D,2D,3D,4D,5D,6D,7D,8D,9D,10D,11D,12D,13D,14D,15D,16D,17D,18D,19D,20D,21D,22D,23D,24D,25D,26D,27D,28D,29D,30D,31D,32D,33D,34D. The second-order valence-corrected chi connectivity index (χ2v) is 12.6. The van der Waals surface area contributed by atoms with Gasteiger partial charge in [-0.25, -0.2) is 9.97 Å². The summed E-state index contributed by atoms with van der Waals surface area (Å²) in [4.78, 5) is 26.3. The smallest absolute Gasteiger partial charge is 0.238 e. The summed E-state index contributed by atoms with van der Waals surface area (Å²) in [5, 5.41) is -2.99. The van der Waals surface area contributed by atoms with Gasteiger partial charge in [-0.1, -0.05) is 181 Å². The third-order valence-electron chi connectivity index (χ3n) is 9.23. The molecule has 0 N–H and O–H groups in total. The van der Waals surface area contributed by atoms with Crippen molar-refractivity contribution < 1.29 is 46.6 Å². The Hall–Kier alpha value is -8.62. The van der Waals surface area contributed by atoms with E-state index in [0.29, 0.717) is 9.13 Å². The van der Waals surface area contributed by atoms with Crippen molar-refractivity contribution in [3.8, 4) is 68.6 Å². The van der Waals surface area contributed by atoms with Crippen LogP contribution >= 0.6 is 0 Å². The normalized spacial score (nSPS) is 19.2. The molecule has 8 heteroatoms. The van der Waals surface area contributed by atoms with Gasteiger partial charge >= 0.3 is 0 Å². The Labute approximate surface area is 403 Å². The molecule has 0 bridgehead atoms. The van der Waals surface area contributed by atoms with Crippen LogP contribution in [0.25, 0.3) is 112 Å². The van der Waals surface area contributed by atoms with E-state index in [1.165, 1.54) is 0 Å². The van der Waals surface area contributed by atoms with E-state index < -0.39 is 318 Å². The largest absolute Gasteiger partial charge is 0.278 e. The molecular weight excluding hydrogens is 761 g/mol. The van der Waals surface area contributed by atoms with Crippen LogP contribution in [0.3, 0.4) is 0 Å². The van der Waals surface area contributed by atoms with Gasteiger partial charge in [-0.05, 0) is 35.3 Å². The highest BCUT2D eigenvalue weighted by Crippen LogP contribution is 2.44. The maximum absolute atomic E-state index is 9.86. The van der Waals surface area contributed by atoms with Gasteiger partial charge in [0.15, 0.2) is 23.3 Å². The van der Waals surface area contributed by atoms with Gasteiger partial charge < -0.3 is 0 Å². The highest BCUT2D eigenvalue weighted by atomic mass is 15.2. The molecule has 0 saturated heterocycles. The maximum atomic E-state index is 9.86. The molecule has 0 aliphatic rings. The van der Waals surface area contributed by atoms with Crippen LogP contribution in [0.1, 0.15) is 46.6 Å². The van der Waals surface area contributed by atoms with Crippen molar-refractivity contribution in [2.24, 2.45) is 0 Å². The second kappa shape index (κ2) is 14.6. The first-order valence-corrected chi connectivity index (χ1v) is 17.8. The van der Waals surface area contributed by atoms with Crippen LogP contribution in [0.2, 0.25) is 0 Å². The van der Waals surface area contributed by atoms with Crippen molar-refractivity contribution in [3.05, 3.63) is 205 Å². The first kappa shape index (κ1) is 15.1. The zero-order chi connectivity index (χ0) is 70.6. The molecule has 62 heavy (non-hydrogen) atoms. The second-order valence-electron chi connectivity index (χ2n) is 12.6. The first-order chi connectivity index (χ1) is 44.9. The van der Waals surface area contributed by atoms with E-state index >= 15 is 0 Å². The molecule has 0 unspecified atom stereocenters. The van der Waals surface area contributed by atoms with Gasteiger partial charge in [0.2, 0.25) is 11.9 Å². The van der Waals surface area contributed by atoms with Gasteiger partial charge in [0.25, 0.3) is 0 Å². The van der Waals surface area contributed by atoms with Crippen LogP contribution in [0.15, 0.2) is 205 Å². The van der Waals surface area contributed by atoms with Crippen molar-refractivity contribution in [3.63, 3.8) is 0 Å². The van der Waals surface area contributed by atoms with Gasteiger partial charge in [-0.3, -0.25) is 9.13 Å². The van der Waals surface area contributed by atoms with Crippen molar-refractivity contribution >= 4 is 43.6 Å². The lowest BCUT2D eigenvalue weighted by Crippen LogP contribution is -2.06. The van der Waals surface area contributed by atoms with Gasteiger partial charge in [0.05, 0.1) is 68.7 Å². The molecule has 8 aromatic carbocycles. The third kappa shape index (κ3) is 5.84. The number of nitrogens with zero attached hydrogens (tertiary/aromatic N) is 8. The van der Waals surface area contributed by atoms with Crippen molar-refractivity contribution in [1.82, 2.24) is 39.0 Å². The van der Waals surface area contributed by atoms with Crippen LogP contribution in [0, 0.1) is 0 Å². The molecule has 0 aliphatic heterocycles. The number of rotatable bonds is 7. The number of aromatic nitrogens is 8. The van der Waals surface area contributed by atoms with Crippen molar-refractivity contribution in [1.29, 1.82) is 0 Å². The molecule has 0 radical (unpaired) electrons. The SMILES string of the molecule is [2H]c1c([2H])c([2H])c(-c2nc(-c3c([2H])c([2H])c([2H])c([2H])c3[2H])nc(-n3c4c([2H])c([2H])c([2H])c([2H])c4c4c(-c5c([2H])c([2H])c([2H])c6c5c5c([2H])c([2H])c([2H])c([2H])c5n6-c5nc(-c6c([2H])c([2H])c([2H])c([2H])c6[2H])nc(-c6c([2H])c([2H])c([2H])c([2H])c6[2H])n5)c([2H])c([2H])c([2H])c43)n2)c([2H])c1[2H]. The topological polar surface area (TPSA) is 87.2 Å². The van der Waals surface area contributed by atoms with Gasteiger partial charge in [-0.15, -0.1) is 0 Å².